The minimum Gasteiger partial charge on any atom is -0.481 e. The first kappa shape index (κ1) is 29.1. The van der Waals surface area contributed by atoms with E-state index in [2.05, 4.69) is 6.58 Å². The van der Waals surface area contributed by atoms with E-state index >= 15 is 0 Å². The van der Waals surface area contributed by atoms with Crippen molar-refractivity contribution < 1.29 is 34.2 Å². The summed E-state index contributed by atoms with van der Waals surface area (Å²) in [6, 6.07) is 0. The maximum absolute atomic E-state index is 11.5. The zero-order valence-electron chi connectivity index (χ0n) is 19.7. The molecule has 180 valence electrons. The molecule has 3 N–H and O–H groups in total. The smallest absolute Gasteiger partial charge is 0.311 e. The zero-order chi connectivity index (χ0) is 23.9. The van der Waals surface area contributed by atoms with Crippen LogP contribution in [-0.2, 0) is 14.4 Å². The summed E-state index contributed by atoms with van der Waals surface area (Å²) >= 11 is 0. The van der Waals surface area contributed by atoms with E-state index < -0.39 is 35.7 Å². The van der Waals surface area contributed by atoms with Gasteiger partial charge in [0.2, 0.25) is 0 Å². The van der Waals surface area contributed by atoms with Gasteiger partial charge < -0.3 is 19.8 Å². The fourth-order valence-electron chi connectivity index (χ4n) is 4.27. The van der Waals surface area contributed by atoms with Crippen LogP contribution in [0.4, 0.5) is 0 Å². The van der Waals surface area contributed by atoms with Gasteiger partial charge in [0, 0.05) is 0 Å². The maximum atomic E-state index is 11.5. The number of hydrogen-bond acceptors (Lipinski definition) is 3. The van der Waals surface area contributed by atoms with Gasteiger partial charge in [0.15, 0.2) is 0 Å². The number of hydrogen-bond donors (Lipinski definition) is 3. The van der Waals surface area contributed by atoms with Crippen LogP contribution in [0.1, 0.15) is 78.6 Å². The van der Waals surface area contributed by atoms with Crippen molar-refractivity contribution in [1.29, 1.82) is 0 Å². The number of carbonyl (C=O) groups is 3. The molecule has 3 unspecified atom stereocenters. The van der Waals surface area contributed by atoms with E-state index in [1.807, 2.05) is 6.08 Å². The molecule has 0 radical (unpaired) electrons. The Morgan fingerprint density at radius 2 is 1.00 bits per heavy atom. The number of rotatable bonds is 20. The Labute approximate surface area is 187 Å². The number of nitrogens with zero attached hydrogens (tertiary/aromatic N) is 1. The van der Waals surface area contributed by atoms with Crippen molar-refractivity contribution >= 4 is 17.9 Å². The Hall–Kier alpha value is -1.89. The first-order chi connectivity index (χ1) is 14.5. The van der Waals surface area contributed by atoms with Crippen LogP contribution >= 0.6 is 0 Å². The van der Waals surface area contributed by atoms with Gasteiger partial charge in [0.1, 0.15) is 17.8 Å². The molecule has 0 spiro atoms. The van der Waals surface area contributed by atoms with Crippen LogP contribution in [0.15, 0.2) is 12.7 Å². The molecule has 0 aromatic carbocycles. The summed E-state index contributed by atoms with van der Waals surface area (Å²) in [6.07, 6.45) is 11.9. The normalized spacial score (nSPS) is 16.1. The van der Waals surface area contributed by atoms with Gasteiger partial charge in [-0.2, -0.15) is 0 Å². The highest BCUT2D eigenvalue weighted by Crippen LogP contribution is 2.22. The van der Waals surface area contributed by atoms with Gasteiger partial charge in [-0.25, -0.2) is 0 Å². The lowest BCUT2D eigenvalue weighted by Crippen LogP contribution is -2.57. The molecule has 0 bridgehead atoms. The van der Waals surface area contributed by atoms with E-state index in [0.717, 1.165) is 32.1 Å². The highest BCUT2D eigenvalue weighted by molar-refractivity contribution is 5.70. The van der Waals surface area contributed by atoms with Gasteiger partial charge in [0.05, 0.1) is 26.2 Å². The Balaban J connectivity index is 4.99. The SMILES string of the molecule is C=CCCCCCCCCCC[N+](CC(C)C(=O)O)(CC(C)C(=O)O)CC(C)C(=O)O. The van der Waals surface area contributed by atoms with Crippen molar-refractivity contribution in [3.05, 3.63) is 12.7 Å². The molecule has 0 saturated carbocycles. The molecule has 0 aliphatic rings. The first-order valence-corrected chi connectivity index (χ1v) is 11.7. The minimum absolute atomic E-state index is 0.218. The van der Waals surface area contributed by atoms with E-state index in [0.29, 0.717) is 6.54 Å². The van der Waals surface area contributed by atoms with Crippen molar-refractivity contribution in [2.24, 2.45) is 17.8 Å². The van der Waals surface area contributed by atoms with E-state index in [1.54, 1.807) is 20.8 Å². The fraction of sp³-hybridized carbons (Fsp3) is 0.792. The van der Waals surface area contributed by atoms with E-state index in [4.69, 9.17) is 0 Å². The number of allylic oxidation sites excluding steroid dienone is 1. The summed E-state index contributed by atoms with van der Waals surface area (Å²) in [4.78, 5) is 34.5. The molecule has 0 heterocycles. The van der Waals surface area contributed by atoms with Crippen LogP contribution in [0.25, 0.3) is 0 Å². The van der Waals surface area contributed by atoms with Crippen molar-refractivity contribution in [2.75, 3.05) is 26.2 Å². The summed E-state index contributed by atoms with van der Waals surface area (Å²) in [7, 11) is 0. The van der Waals surface area contributed by atoms with Crippen LogP contribution in [0.2, 0.25) is 0 Å². The summed E-state index contributed by atoms with van der Waals surface area (Å²) in [6.45, 7) is 9.90. The standard InChI is InChI=1S/C24H43NO6/c1-5-6-7-8-9-10-11-12-13-14-15-25(16-19(2)22(26)27,17-20(3)23(28)29)18-21(4)24(30)31/h5,19-21H,1,6-18H2,2-4H3,(H2-,26,27,28,29,30,31)/p+1. The van der Waals surface area contributed by atoms with E-state index in [-0.39, 0.29) is 24.1 Å². The van der Waals surface area contributed by atoms with Crippen molar-refractivity contribution in [1.82, 2.24) is 0 Å². The van der Waals surface area contributed by atoms with Crippen molar-refractivity contribution in [3.63, 3.8) is 0 Å². The number of aliphatic carboxylic acids is 3. The van der Waals surface area contributed by atoms with E-state index in [1.165, 1.54) is 25.7 Å². The van der Waals surface area contributed by atoms with Gasteiger partial charge in [-0.3, -0.25) is 14.4 Å². The topological polar surface area (TPSA) is 112 Å². The summed E-state index contributed by atoms with van der Waals surface area (Å²) in [5.41, 5.74) is 0. The molecule has 0 aromatic rings. The highest BCUT2D eigenvalue weighted by atomic mass is 16.4. The van der Waals surface area contributed by atoms with Gasteiger partial charge in [-0.15, -0.1) is 6.58 Å². The van der Waals surface area contributed by atoms with Gasteiger partial charge in [-0.05, 0) is 46.5 Å². The van der Waals surface area contributed by atoms with Crippen molar-refractivity contribution in [3.8, 4) is 0 Å². The second kappa shape index (κ2) is 15.8. The molecular weight excluding hydrogens is 398 g/mol. The molecule has 0 rings (SSSR count). The molecule has 7 nitrogen and oxygen atoms in total. The fourth-order valence-corrected chi connectivity index (χ4v) is 4.27. The highest BCUT2D eigenvalue weighted by Gasteiger charge is 2.38. The molecule has 0 amide bonds. The van der Waals surface area contributed by atoms with Crippen LogP contribution in [0.3, 0.4) is 0 Å². The Morgan fingerprint density at radius 1 is 0.677 bits per heavy atom. The lowest BCUT2D eigenvalue weighted by atomic mass is 10.00. The lowest BCUT2D eigenvalue weighted by molar-refractivity contribution is -0.934. The second-order valence-corrected chi connectivity index (χ2v) is 9.24. The third-order valence-corrected chi connectivity index (χ3v) is 6.04. The Morgan fingerprint density at radius 3 is 1.32 bits per heavy atom. The van der Waals surface area contributed by atoms with Crippen molar-refractivity contribution in [2.45, 2.75) is 78.6 Å². The summed E-state index contributed by atoms with van der Waals surface area (Å²) in [5, 5.41) is 28.3. The lowest BCUT2D eigenvalue weighted by Gasteiger charge is -2.42. The largest absolute Gasteiger partial charge is 0.481 e. The number of unbranched alkanes of at least 4 members (excludes halogenated alkanes) is 8. The number of quaternary nitrogens is 1. The predicted molar refractivity (Wildman–Crippen MR) is 122 cm³/mol. The number of carboxylic acids is 3. The minimum atomic E-state index is -0.940. The molecule has 7 heteroatoms. The molecule has 0 saturated heterocycles. The number of carboxylic acid groups (broad SMARTS) is 3. The molecule has 0 aromatic heterocycles. The quantitative estimate of drug-likeness (QED) is 0.144. The molecule has 0 fully saturated rings. The second-order valence-electron chi connectivity index (χ2n) is 9.24. The third kappa shape index (κ3) is 13.2. The molecule has 0 aliphatic heterocycles. The van der Waals surface area contributed by atoms with E-state index in [9.17, 15) is 29.7 Å². The summed E-state index contributed by atoms with van der Waals surface area (Å²) < 4.78 is 0.218. The van der Waals surface area contributed by atoms with Gasteiger partial charge >= 0.3 is 17.9 Å². The van der Waals surface area contributed by atoms with Crippen LogP contribution in [0.5, 0.6) is 0 Å². The average Bonchev–Trinajstić information content (AvgIpc) is 2.68. The zero-order valence-corrected chi connectivity index (χ0v) is 19.7. The molecule has 0 aliphatic carbocycles. The predicted octanol–water partition coefficient (Wildman–Crippen LogP) is 4.66. The maximum Gasteiger partial charge on any atom is 0.311 e. The molecule has 31 heavy (non-hydrogen) atoms. The Kier molecular flexibility index (Phi) is 14.9. The van der Waals surface area contributed by atoms with Gasteiger partial charge in [0.25, 0.3) is 0 Å². The van der Waals surface area contributed by atoms with Crippen LogP contribution in [0, 0.1) is 17.8 Å². The summed E-state index contributed by atoms with van der Waals surface area (Å²) in [5.74, 6) is -4.83. The first-order valence-electron chi connectivity index (χ1n) is 11.7. The van der Waals surface area contributed by atoms with Gasteiger partial charge in [-0.1, -0.05) is 38.2 Å². The third-order valence-electron chi connectivity index (χ3n) is 6.04. The average molecular weight is 443 g/mol. The molecular formula is C24H44NO6+. The Bertz CT molecular complexity index is 507. The molecule has 3 atom stereocenters. The monoisotopic (exact) mass is 442 g/mol. The van der Waals surface area contributed by atoms with Crippen LogP contribution in [-0.4, -0.2) is 63.9 Å². The van der Waals surface area contributed by atoms with Crippen LogP contribution < -0.4 is 0 Å².